The number of carbonyl (C=O) groups is 1. The smallest absolute Gasteiger partial charge is 0.224 e. The molecule has 2 rings (SSSR count). The SMILES string of the molecule is Cc1cccc(NC(=O)CC[C@H]2CCCO2)c1. The summed E-state index contributed by atoms with van der Waals surface area (Å²) in [7, 11) is 0. The summed E-state index contributed by atoms with van der Waals surface area (Å²) >= 11 is 0. The van der Waals surface area contributed by atoms with Crippen molar-refractivity contribution in [2.45, 2.75) is 38.7 Å². The molecule has 1 N–H and O–H groups in total. The highest BCUT2D eigenvalue weighted by molar-refractivity contribution is 5.90. The Balaban J connectivity index is 1.76. The topological polar surface area (TPSA) is 38.3 Å². The van der Waals surface area contributed by atoms with Crippen LogP contribution in [-0.4, -0.2) is 18.6 Å². The number of rotatable bonds is 4. The molecule has 0 radical (unpaired) electrons. The van der Waals surface area contributed by atoms with Gasteiger partial charge in [0, 0.05) is 18.7 Å². The van der Waals surface area contributed by atoms with E-state index < -0.39 is 0 Å². The number of hydrogen-bond acceptors (Lipinski definition) is 2. The summed E-state index contributed by atoms with van der Waals surface area (Å²) in [6.07, 6.45) is 3.89. The number of aryl methyl sites for hydroxylation is 1. The van der Waals surface area contributed by atoms with Gasteiger partial charge in [-0.15, -0.1) is 0 Å². The average molecular weight is 233 g/mol. The summed E-state index contributed by atoms with van der Waals surface area (Å²) in [6, 6.07) is 7.86. The number of carbonyl (C=O) groups excluding carboxylic acids is 1. The Morgan fingerprint density at radius 3 is 3.12 bits per heavy atom. The number of nitrogens with one attached hydrogen (secondary N) is 1. The minimum atomic E-state index is 0.0751. The van der Waals surface area contributed by atoms with Gasteiger partial charge < -0.3 is 10.1 Å². The molecule has 0 unspecified atom stereocenters. The lowest BCUT2D eigenvalue weighted by Crippen LogP contribution is -2.15. The zero-order valence-corrected chi connectivity index (χ0v) is 10.2. The second-order valence-electron chi connectivity index (χ2n) is 4.59. The average Bonchev–Trinajstić information content (AvgIpc) is 2.79. The molecule has 1 fully saturated rings. The molecule has 3 heteroatoms. The molecule has 1 aromatic carbocycles. The van der Waals surface area contributed by atoms with Crippen LogP contribution in [0, 0.1) is 6.92 Å². The van der Waals surface area contributed by atoms with Gasteiger partial charge in [-0.3, -0.25) is 4.79 Å². The van der Waals surface area contributed by atoms with Gasteiger partial charge in [-0.2, -0.15) is 0 Å². The first-order valence-corrected chi connectivity index (χ1v) is 6.22. The van der Waals surface area contributed by atoms with Crippen LogP contribution < -0.4 is 5.32 Å². The van der Waals surface area contributed by atoms with Gasteiger partial charge in [-0.25, -0.2) is 0 Å². The zero-order chi connectivity index (χ0) is 12.1. The quantitative estimate of drug-likeness (QED) is 0.868. The molecule has 1 aromatic rings. The first-order valence-electron chi connectivity index (χ1n) is 6.22. The molecule has 3 nitrogen and oxygen atoms in total. The van der Waals surface area contributed by atoms with Gasteiger partial charge in [0.25, 0.3) is 0 Å². The molecule has 92 valence electrons. The lowest BCUT2D eigenvalue weighted by atomic mass is 10.1. The van der Waals surface area contributed by atoms with Crippen LogP contribution in [0.5, 0.6) is 0 Å². The minimum absolute atomic E-state index is 0.0751. The first-order chi connectivity index (χ1) is 8.24. The van der Waals surface area contributed by atoms with E-state index in [1.165, 1.54) is 0 Å². The molecule has 0 saturated carbocycles. The second-order valence-corrected chi connectivity index (χ2v) is 4.59. The third kappa shape index (κ3) is 3.86. The third-order valence-electron chi connectivity index (χ3n) is 3.02. The van der Waals surface area contributed by atoms with Crippen molar-refractivity contribution in [1.82, 2.24) is 0 Å². The number of amides is 1. The molecular formula is C14H19NO2. The minimum Gasteiger partial charge on any atom is -0.378 e. The highest BCUT2D eigenvalue weighted by atomic mass is 16.5. The molecule has 0 aromatic heterocycles. The number of anilines is 1. The molecule has 1 heterocycles. The molecular weight excluding hydrogens is 214 g/mol. The lowest BCUT2D eigenvalue weighted by molar-refractivity contribution is -0.116. The van der Waals surface area contributed by atoms with Gasteiger partial charge in [-0.1, -0.05) is 12.1 Å². The van der Waals surface area contributed by atoms with Gasteiger partial charge in [0.1, 0.15) is 0 Å². The van der Waals surface area contributed by atoms with Crippen molar-refractivity contribution >= 4 is 11.6 Å². The van der Waals surface area contributed by atoms with Crippen molar-refractivity contribution in [1.29, 1.82) is 0 Å². The summed E-state index contributed by atoms with van der Waals surface area (Å²) in [5, 5.41) is 2.91. The van der Waals surface area contributed by atoms with Crippen LogP contribution in [0.4, 0.5) is 5.69 Å². The van der Waals surface area contributed by atoms with Crippen LogP contribution in [0.25, 0.3) is 0 Å². The lowest BCUT2D eigenvalue weighted by Gasteiger charge is -2.09. The number of ether oxygens (including phenoxy) is 1. The van der Waals surface area contributed by atoms with E-state index in [4.69, 9.17) is 4.74 Å². The van der Waals surface area contributed by atoms with E-state index in [0.717, 1.165) is 37.1 Å². The van der Waals surface area contributed by atoms with E-state index in [1.807, 2.05) is 31.2 Å². The normalized spacial score (nSPS) is 19.2. The first kappa shape index (κ1) is 12.1. The van der Waals surface area contributed by atoms with Crippen LogP contribution in [-0.2, 0) is 9.53 Å². The third-order valence-corrected chi connectivity index (χ3v) is 3.02. The maximum Gasteiger partial charge on any atom is 0.224 e. The fraction of sp³-hybridized carbons (Fsp3) is 0.500. The van der Waals surface area contributed by atoms with Gasteiger partial charge in [-0.05, 0) is 43.9 Å². The second kappa shape index (κ2) is 5.82. The van der Waals surface area contributed by atoms with Crippen LogP contribution in [0.15, 0.2) is 24.3 Å². The molecule has 0 spiro atoms. The van der Waals surface area contributed by atoms with Crippen molar-refractivity contribution in [2.75, 3.05) is 11.9 Å². The fourth-order valence-electron chi connectivity index (χ4n) is 2.11. The Morgan fingerprint density at radius 2 is 2.41 bits per heavy atom. The van der Waals surface area contributed by atoms with Crippen molar-refractivity contribution in [2.24, 2.45) is 0 Å². The molecule has 17 heavy (non-hydrogen) atoms. The molecule has 1 amide bonds. The fourth-order valence-corrected chi connectivity index (χ4v) is 2.11. The maximum atomic E-state index is 11.7. The Bertz CT molecular complexity index is 384. The van der Waals surface area contributed by atoms with Crippen molar-refractivity contribution in [3.8, 4) is 0 Å². The van der Waals surface area contributed by atoms with Gasteiger partial charge in [0.05, 0.1) is 6.10 Å². The Morgan fingerprint density at radius 1 is 1.53 bits per heavy atom. The van der Waals surface area contributed by atoms with Crippen molar-refractivity contribution < 1.29 is 9.53 Å². The summed E-state index contributed by atoms with van der Waals surface area (Å²) in [6.45, 7) is 2.87. The largest absolute Gasteiger partial charge is 0.378 e. The molecule has 1 aliphatic rings. The van der Waals surface area contributed by atoms with E-state index >= 15 is 0 Å². The van der Waals surface area contributed by atoms with E-state index in [2.05, 4.69) is 5.32 Å². The van der Waals surface area contributed by atoms with E-state index in [0.29, 0.717) is 12.5 Å². The summed E-state index contributed by atoms with van der Waals surface area (Å²) in [5.74, 6) is 0.0751. The van der Waals surface area contributed by atoms with Crippen LogP contribution in [0.2, 0.25) is 0 Å². The Labute approximate surface area is 102 Å². The Hall–Kier alpha value is -1.35. The summed E-state index contributed by atoms with van der Waals surface area (Å²) < 4.78 is 5.49. The molecule has 1 saturated heterocycles. The van der Waals surface area contributed by atoms with E-state index in [9.17, 15) is 4.79 Å². The predicted octanol–water partition coefficient (Wildman–Crippen LogP) is 2.89. The Kier molecular flexibility index (Phi) is 4.15. The van der Waals surface area contributed by atoms with Crippen LogP contribution in [0.1, 0.15) is 31.2 Å². The molecule has 1 atom stereocenters. The summed E-state index contributed by atoms with van der Waals surface area (Å²) in [5.41, 5.74) is 2.03. The monoisotopic (exact) mass is 233 g/mol. The zero-order valence-electron chi connectivity index (χ0n) is 10.2. The number of benzene rings is 1. The van der Waals surface area contributed by atoms with Crippen molar-refractivity contribution in [3.63, 3.8) is 0 Å². The van der Waals surface area contributed by atoms with E-state index in [1.54, 1.807) is 0 Å². The van der Waals surface area contributed by atoms with Crippen LogP contribution >= 0.6 is 0 Å². The summed E-state index contributed by atoms with van der Waals surface area (Å²) in [4.78, 5) is 11.7. The predicted molar refractivity (Wildman–Crippen MR) is 68.0 cm³/mol. The molecule has 0 aliphatic carbocycles. The van der Waals surface area contributed by atoms with Gasteiger partial charge >= 0.3 is 0 Å². The van der Waals surface area contributed by atoms with Gasteiger partial charge in [0.15, 0.2) is 0 Å². The molecule has 0 bridgehead atoms. The highest BCUT2D eigenvalue weighted by Gasteiger charge is 2.16. The van der Waals surface area contributed by atoms with Crippen molar-refractivity contribution in [3.05, 3.63) is 29.8 Å². The van der Waals surface area contributed by atoms with E-state index in [-0.39, 0.29) is 5.91 Å². The highest BCUT2D eigenvalue weighted by Crippen LogP contribution is 2.17. The number of hydrogen-bond donors (Lipinski definition) is 1. The molecule has 1 aliphatic heterocycles. The van der Waals surface area contributed by atoms with Gasteiger partial charge in [0.2, 0.25) is 5.91 Å². The standard InChI is InChI=1S/C14H19NO2/c1-11-4-2-5-12(10-11)15-14(16)8-7-13-6-3-9-17-13/h2,4-5,10,13H,3,6-9H2,1H3,(H,15,16)/t13-/m1/s1. The van der Waals surface area contributed by atoms with Crippen LogP contribution in [0.3, 0.4) is 0 Å². The maximum absolute atomic E-state index is 11.7.